The first-order chi connectivity index (χ1) is 9.95. The number of hydrogen-bond donors (Lipinski definition) is 2. The zero-order valence-electron chi connectivity index (χ0n) is 11.4. The number of amides is 1. The molecule has 21 heavy (non-hydrogen) atoms. The molecule has 6 nitrogen and oxygen atoms in total. The number of halogens is 1. The molecule has 1 saturated carbocycles. The van der Waals surface area contributed by atoms with Crippen molar-refractivity contribution in [2.75, 3.05) is 0 Å². The summed E-state index contributed by atoms with van der Waals surface area (Å²) in [5.74, 6) is -1.47. The van der Waals surface area contributed by atoms with E-state index in [1.807, 2.05) is 0 Å². The first kappa shape index (κ1) is 15.8. The quantitative estimate of drug-likeness (QED) is 0.852. The van der Waals surface area contributed by atoms with Crippen LogP contribution in [0.5, 0.6) is 0 Å². The Balaban J connectivity index is 1.94. The highest BCUT2D eigenvalue weighted by atomic mass is 79.9. The number of carboxylic acids is 1. The van der Waals surface area contributed by atoms with Crippen molar-refractivity contribution in [3.05, 3.63) is 33.2 Å². The van der Waals surface area contributed by atoms with Gasteiger partial charge >= 0.3 is 5.97 Å². The SMILES string of the molecule is O=C(Cn1cc(Br)ccc1=O)NC1CCCC(C(=O)O)C1. The van der Waals surface area contributed by atoms with Crippen LogP contribution in [0.25, 0.3) is 0 Å². The second-order valence-corrected chi connectivity index (χ2v) is 6.20. The van der Waals surface area contributed by atoms with Crippen molar-refractivity contribution < 1.29 is 14.7 Å². The van der Waals surface area contributed by atoms with Crippen LogP contribution in [0.4, 0.5) is 0 Å². The highest BCUT2D eigenvalue weighted by molar-refractivity contribution is 9.10. The highest BCUT2D eigenvalue weighted by Crippen LogP contribution is 2.24. The first-order valence-corrected chi connectivity index (χ1v) is 7.63. The van der Waals surface area contributed by atoms with Crippen LogP contribution in [0.3, 0.4) is 0 Å². The molecule has 1 fully saturated rings. The molecule has 0 bridgehead atoms. The van der Waals surface area contributed by atoms with Crippen molar-refractivity contribution in [2.24, 2.45) is 5.92 Å². The monoisotopic (exact) mass is 356 g/mol. The second-order valence-electron chi connectivity index (χ2n) is 5.28. The molecule has 1 aliphatic carbocycles. The summed E-state index contributed by atoms with van der Waals surface area (Å²) in [7, 11) is 0. The summed E-state index contributed by atoms with van der Waals surface area (Å²) in [6, 6.07) is 2.88. The maximum Gasteiger partial charge on any atom is 0.306 e. The molecule has 114 valence electrons. The van der Waals surface area contributed by atoms with E-state index in [4.69, 9.17) is 5.11 Å². The molecule has 2 unspecified atom stereocenters. The topological polar surface area (TPSA) is 88.4 Å². The van der Waals surface area contributed by atoms with Crippen LogP contribution in [0.1, 0.15) is 25.7 Å². The van der Waals surface area contributed by atoms with Crippen LogP contribution in [0, 0.1) is 5.92 Å². The van der Waals surface area contributed by atoms with Gasteiger partial charge in [0.05, 0.1) is 5.92 Å². The van der Waals surface area contributed by atoms with Crippen molar-refractivity contribution in [1.82, 2.24) is 9.88 Å². The lowest BCUT2D eigenvalue weighted by molar-refractivity contribution is -0.143. The molecule has 1 aliphatic rings. The van der Waals surface area contributed by atoms with Gasteiger partial charge in [0.15, 0.2) is 0 Å². The molecule has 1 amide bonds. The minimum atomic E-state index is -0.808. The van der Waals surface area contributed by atoms with E-state index in [0.29, 0.717) is 12.8 Å². The Kier molecular flexibility index (Phi) is 5.17. The van der Waals surface area contributed by atoms with Crippen LogP contribution < -0.4 is 10.9 Å². The van der Waals surface area contributed by atoms with Crippen LogP contribution >= 0.6 is 15.9 Å². The highest BCUT2D eigenvalue weighted by Gasteiger charge is 2.27. The molecule has 0 spiro atoms. The predicted octanol–water partition coefficient (Wildman–Crippen LogP) is 1.37. The van der Waals surface area contributed by atoms with Gasteiger partial charge in [-0.25, -0.2) is 0 Å². The average Bonchev–Trinajstić information content (AvgIpc) is 2.43. The van der Waals surface area contributed by atoms with Crippen molar-refractivity contribution in [2.45, 2.75) is 38.3 Å². The van der Waals surface area contributed by atoms with Crippen molar-refractivity contribution >= 4 is 27.8 Å². The van der Waals surface area contributed by atoms with Crippen molar-refractivity contribution in [3.8, 4) is 0 Å². The fourth-order valence-corrected chi connectivity index (χ4v) is 2.98. The first-order valence-electron chi connectivity index (χ1n) is 6.84. The Labute approximate surface area is 130 Å². The predicted molar refractivity (Wildman–Crippen MR) is 79.9 cm³/mol. The van der Waals surface area contributed by atoms with E-state index in [-0.39, 0.29) is 24.1 Å². The summed E-state index contributed by atoms with van der Waals surface area (Å²) in [4.78, 5) is 34.6. The van der Waals surface area contributed by atoms with Gasteiger partial charge in [-0.3, -0.25) is 14.4 Å². The van der Waals surface area contributed by atoms with Crippen LogP contribution in [-0.4, -0.2) is 27.6 Å². The van der Waals surface area contributed by atoms with Crippen LogP contribution in [-0.2, 0) is 16.1 Å². The van der Waals surface area contributed by atoms with Crippen LogP contribution in [0.15, 0.2) is 27.6 Å². The summed E-state index contributed by atoms with van der Waals surface area (Å²) in [5.41, 5.74) is -0.250. The third-order valence-corrected chi connectivity index (χ3v) is 4.12. The smallest absolute Gasteiger partial charge is 0.306 e. The van der Waals surface area contributed by atoms with E-state index in [9.17, 15) is 14.4 Å². The molecule has 1 aromatic rings. The third-order valence-electron chi connectivity index (χ3n) is 3.65. The Morgan fingerprint density at radius 2 is 2.14 bits per heavy atom. The lowest BCUT2D eigenvalue weighted by Gasteiger charge is -2.27. The number of carboxylic acid groups (broad SMARTS) is 1. The largest absolute Gasteiger partial charge is 0.481 e. The molecule has 7 heteroatoms. The van der Waals surface area contributed by atoms with Gasteiger partial charge in [0.1, 0.15) is 6.54 Å². The lowest BCUT2D eigenvalue weighted by Crippen LogP contribution is -2.42. The van der Waals surface area contributed by atoms with Crippen molar-refractivity contribution in [3.63, 3.8) is 0 Å². The minimum absolute atomic E-state index is 0.0630. The van der Waals surface area contributed by atoms with Gasteiger partial charge < -0.3 is 15.0 Å². The van der Waals surface area contributed by atoms with Gasteiger partial charge in [-0.2, -0.15) is 0 Å². The molecule has 1 aromatic heterocycles. The summed E-state index contributed by atoms with van der Waals surface area (Å²) >= 11 is 3.25. The average molecular weight is 357 g/mol. The number of hydrogen-bond acceptors (Lipinski definition) is 3. The number of pyridine rings is 1. The van der Waals surface area contributed by atoms with Gasteiger partial charge in [-0.05, 0) is 41.3 Å². The maximum atomic E-state index is 12.0. The van der Waals surface area contributed by atoms with Gasteiger partial charge in [-0.15, -0.1) is 0 Å². The number of nitrogens with zero attached hydrogens (tertiary/aromatic N) is 1. The Morgan fingerprint density at radius 1 is 1.38 bits per heavy atom. The van der Waals surface area contributed by atoms with E-state index in [1.165, 1.54) is 10.6 Å². The van der Waals surface area contributed by atoms with Crippen LogP contribution in [0.2, 0.25) is 0 Å². The summed E-state index contributed by atoms with van der Waals surface area (Å²) in [5, 5.41) is 11.9. The van der Waals surface area contributed by atoms with Crippen molar-refractivity contribution in [1.29, 1.82) is 0 Å². The van der Waals surface area contributed by atoms with Gasteiger partial charge in [-0.1, -0.05) is 6.42 Å². The number of carbonyl (C=O) groups is 2. The van der Waals surface area contributed by atoms with E-state index < -0.39 is 11.9 Å². The molecule has 2 rings (SSSR count). The standard InChI is InChI=1S/C14H17BrN2O4/c15-10-4-5-13(19)17(7-10)8-12(18)16-11-3-1-2-9(6-11)14(20)21/h4-5,7,9,11H,1-3,6,8H2,(H,16,18)(H,20,21). The Bertz CT molecular complexity index is 599. The maximum absolute atomic E-state index is 12.0. The lowest BCUT2D eigenvalue weighted by atomic mass is 9.86. The molecule has 0 saturated heterocycles. The fourth-order valence-electron chi connectivity index (χ4n) is 2.60. The summed E-state index contributed by atoms with van der Waals surface area (Å²) < 4.78 is 2.04. The van der Waals surface area contributed by atoms with E-state index in [2.05, 4.69) is 21.2 Å². The van der Waals surface area contributed by atoms with E-state index in [1.54, 1.807) is 12.3 Å². The van der Waals surface area contributed by atoms with E-state index in [0.717, 1.165) is 17.3 Å². The fraction of sp³-hybridized carbons (Fsp3) is 0.500. The Hall–Kier alpha value is -1.63. The molecule has 1 heterocycles. The zero-order valence-corrected chi connectivity index (χ0v) is 13.0. The number of rotatable bonds is 4. The third kappa shape index (κ3) is 4.42. The molecule has 0 radical (unpaired) electrons. The minimum Gasteiger partial charge on any atom is -0.481 e. The molecule has 2 atom stereocenters. The molecule has 2 N–H and O–H groups in total. The summed E-state index contributed by atoms with van der Waals surface area (Å²) in [6.07, 6.45) is 4.24. The zero-order chi connectivity index (χ0) is 15.4. The van der Waals surface area contributed by atoms with Gasteiger partial charge in [0, 0.05) is 22.8 Å². The van der Waals surface area contributed by atoms with Gasteiger partial charge in [0.25, 0.3) is 5.56 Å². The number of aliphatic carboxylic acids is 1. The summed E-state index contributed by atoms with van der Waals surface area (Å²) in [6.45, 7) is -0.0630. The molecule has 0 aliphatic heterocycles. The normalized spacial score (nSPS) is 21.8. The molecular weight excluding hydrogens is 340 g/mol. The molecule has 0 aromatic carbocycles. The second kappa shape index (κ2) is 6.89. The number of aromatic nitrogens is 1. The number of nitrogens with one attached hydrogen (secondary N) is 1. The number of carbonyl (C=O) groups excluding carboxylic acids is 1. The van der Waals surface area contributed by atoms with E-state index >= 15 is 0 Å². The Morgan fingerprint density at radius 3 is 2.86 bits per heavy atom. The van der Waals surface area contributed by atoms with Gasteiger partial charge in [0.2, 0.25) is 5.91 Å². The molecular formula is C14H17BrN2O4.